The van der Waals surface area contributed by atoms with Gasteiger partial charge in [0.2, 0.25) is 0 Å². The van der Waals surface area contributed by atoms with Crippen molar-refractivity contribution in [2.45, 2.75) is 13.8 Å². The Kier molecular flexibility index (Phi) is 8.35. The molecule has 1 unspecified atom stereocenters. The molecule has 0 radical (unpaired) electrons. The van der Waals surface area contributed by atoms with E-state index in [-0.39, 0.29) is 16.4 Å². The Bertz CT molecular complexity index is 1510. The lowest BCUT2D eigenvalue weighted by Crippen LogP contribution is -2.49. The smallest absolute Gasteiger partial charge is 0.409 e. The number of carbonyl (C=O) groups is 1. The van der Waals surface area contributed by atoms with Crippen LogP contribution in [-0.4, -0.2) is 55.1 Å². The molecule has 0 bridgehead atoms. The monoisotopic (exact) mass is 603 g/mol. The standard InChI is InChI=1S/C27H28Cl2N5O5P/c1-3-31(4-2)19-10-12-26-25(18-19)39-27(35)33(20-9-11-21(28)22(29)17-20)40(26,32-13-15-38-16-14-32)30-23-7-5-6-8-24(23)34(36)37/h5-12,17-18H,3-4,13-16H2,1-2H3. The molecule has 0 aliphatic carbocycles. The number of hydrogen-bond donors (Lipinski definition) is 0. The van der Waals surface area contributed by atoms with Crippen molar-refractivity contribution in [2.24, 2.45) is 4.74 Å². The molecule has 2 heterocycles. The third-order valence-electron chi connectivity index (χ3n) is 6.90. The minimum Gasteiger partial charge on any atom is -0.409 e. The van der Waals surface area contributed by atoms with Crippen LogP contribution in [0.25, 0.3) is 0 Å². The van der Waals surface area contributed by atoms with Crippen molar-refractivity contribution in [3.05, 3.63) is 80.8 Å². The molecule has 2 aliphatic heterocycles. The SMILES string of the molecule is CCN(CC)c1ccc2c(c1)OC(=O)N(c1ccc(Cl)c(Cl)c1)P2(=Nc1ccccc1[N+](=O)[O-])N1CCOCC1. The topological polar surface area (TPSA) is 101 Å². The predicted molar refractivity (Wildman–Crippen MR) is 159 cm³/mol. The van der Waals surface area contributed by atoms with Gasteiger partial charge in [0, 0.05) is 44.0 Å². The van der Waals surface area contributed by atoms with Gasteiger partial charge in [-0.3, -0.25) is 10.1 Å². The van der Waals surface area contributed by atoms with Crippen LogP contribution in [0.2, 0.25) is 10.0 Å². The quantitative estimate of drug-likeness (QED) is 0.161. The molecule has 10 nitrogen and oxygen atoms in total. The number of morpholine rings is 1. The summed E-state index contributed by atoms with van der Waals surface area (Å²) in [6, 6.07) is 16.9. The highest BCUT2D eigenvalue weighted by atomic mass is 35.5. The maximum absolute atomic E-state index is 14.0. The molecule has 1 amide bonds. The van der Waals surface area contributed by atoms with E-state index in [1.807, 2.05) is 18.2 Å². The first-order chi connectivity index (χ1) is 19.3. The van der Waals surface area contributed by atoms with Crippen LogP contribution in [0.1, 0.15) is 13.8 Å². The number of carbonyl (C=O) groups excluding carboxylic acids is 1. The van der Waals surface area contributed by atoms with E-state index in [1.165, 1.54) is 10.7 Å². The molecular weight excluding hydrogens is 576 g/mol. The number of para-hydroxylation sites is 1. The van der Waals surface area contributed by atoms with Crippen LogP contribution in [0.3, 0.4) is 0 Å². The Morgan fingerprint density at radius 2 is 1.75 bits per heavy atom. The molecule has 40 heavy (non-hydrogen) atoms. The summed E-state index contributed by atoms with van der Waals surface area (Å²) in [5, 5.41) is 13.3. The first-order valence-corrected chi connectivity index (χ1v) is 15.3. The largest absolute Gasteiger partial charge is 0.425 e. The summed E-state index contributed by atoms with van der Waals surface area (Å²) in [5.41, 5.74) is 1.31. The van der Waals surface area contributed by atoms with Crippen molar-refractivity contribution in [3.63, 3.8) is 0 Å². The number of anilines is 2. The summed E-state index contributed by atoms with van der Waals surface area (Å²) < 4.78 is 20.4. The highest BCUT2D eigenvalue weighted by Gasteiger charge is 2.48. The molecule has 5 rings (SSSR count). The molecule has 0 N–H and O–H groups in total. The first-order valence-electron chi connectivity index (χ1n) is 12.9. The van der Waals surface area contributed by atoms with Gasteiger partial charge in [0.15, 0.2) is 7.36 Å². The van der Waals surface area contributed by atoms with Crippen molar-refractivity contribution < 1.29 is 19.2 Å². The molecule has 0 saturated carbocycles. The molecule has 1 atom stereocenters. The fourth-order valence-corrected chi connectivity index (χ4v) is 8.96. The average molecular weight is 604 g/mol. The van der Waals surface area contributed by atoms with Crippen LogP contribution in [-0.2, 0) is 4.74 Å². The minimum atomic E-state index is -3.32. The number of amides is 1. The van der Waals surface area contributed by atoms with Gasteiger partial charge in [-0.15, -0.1) is 0 Å². The minimum absolute atomic E-state index is 0.158. The summed E-state index contributed by atoms with van der Waals surface area (Å²) in [6.07, 6.45) is -0.662. The molecule has 3 aromatic carbocycles. The highest BCUT2D eigenvalue weighted by Crippen LogP contribution is 2.63. The van der Waals surface area contributed by atoms with E-state index in [0.29, 0.717) is 48.1 Å². The third-order valence-corrected chi connectivity index (χ3v) is 11.3. The molecule has 1 saturated heterocycles. The van der Waals surface area contributed by atoms with Gasteiger partial charge in [0.25, 0.3) is 5.69 Å². The van der Waals surface area contributed by atoms with E-state index < -0.39 is 18.4 Å². The van der Waals surface area contributed by atoms with Crippen molar-refractivity contribution in [1.82, 2.24) is 4.67 Å². The van der Waals surface area contributed by atoms with Crippen molar-refractivity contribution in [3.8, 4) is 5.75 Å². The Balaban J connectivity index is 1.88. The predicted octanol–water partition coefficient (Wildman–Crippen LogP) is 7.09. The van der Waals surface area contributed by atoms with E-state index in [0.717, 1.165) is 18.8 Å². The zero-order chi connectivity index (χ0) is 28.4. The lowest BCUT2D eigenvalue weighted by atomic mass is 10.2. The van der Waals surface area contributed by atoms with Crippen molar-refractivity contribution in [2.75, 3.05) is 49.0 Å². The summed E-state index contributed by atoms with van der Waals surface area (Å²) >= 11 is 12.6. The van der Waals surface area contributed by atoms with Gasteiger partial charge in [-0.05, 0) is 50.2 Å². The number of nitrogens with zero attached hydrogens (tertiary/aromatic N) is 5. The maximum atomic E-state index is 14.0. The number of rotatable bonds is 7. The van der Waals surface area contributed by atoms with Gasteiger partial charge < -0.3 is 14.4 Å². The molecule has 0 aromatic heterocycles. The van der Waals surface area contributed by atoms with Gasteiger partial charge in [-0.2, -0.15) is 0 Å². The van der Waals surface area contributed by atoms with Gasteiger partial charge in [-0.1, -0.05) is 35.3 Å². The molecule has 2 aliphatic rings. The number of ether oxygens (including phenoxy) is 2. The van der Waals surface area contributed by atoms with Crippen LogP contribution in [0.15, 0.2) is 65.4 Å². The lowest BCUT2D eigenvalue weighted by Gasteiger charge is -2.47. The second-order valence-corrected chi connectivity index (χ2v) is 12.7. The summed E-state index contributed by atoms with van der Waals surface area (Å²) in [5.74, 6) is 0.368. The Labute approximate surface area is 242 Å². The van der Waals surface area contributed by atoms with Gasteiger partial charge in [0.05, 0.1) is 39.2 Å². The van der Waals surface area contributed by atoms with E-state index in [2.05, 4.69) is 23.4 Å². The van der Waals surface area contributed by atoms with Crippen LogP contribution < -0.4 is 19.6 Å². The summed E-state index contributed by atoms with van der Waals surface area (Å²) in [7, 11) is -3.32. The molecule has 210 valence electrons. The normalized spacial score (nSPS) is 19.1. The van der Waals surface area contributed by atoms with Crippen LogP contribution in [0, 0.1) is 10.1 Å². The van der Waals surface area contributed by atoms with Crippen molar-refractivity contribution >= 4 is 64.7 Å². The van der Waals surface area contributed by atoms with E-state index in [9.17, 15) is 14.9 Å². The number of benzene rings is 3. The Morgan fingerprint density at radius 3 is 2.42 bits per heavy atom. The number of hydrogen-bond acceptors (Lipinski definition) is 7. The number of nitro benzene ring substituents is 1. The molecule has 3 aromatic rings. The zero-order valence-corrected chi connectivity index (χ0v) is 24.4. The van der Waals surface area contributed by atoms with Crippen LogP contribution in [0.5, 0.6) is 5.75 Å². The maximum Gasteiger partial charge on any atom is 0.425 e. The van der Waals surface area contributed by atoms with Gasteiger partial charge in [-0.25, -0.2) is 18.9 Å². The first kappa shape index (κ1) is 28.4. The second-order valence-electron chi connectivity index (χ2n) is 9.08. The van der Waals surface area contributed by atoms with Crippen LogP contribution in [0.4, 0.5) is 27.5 Å². The average Bonchev–Trinajstić information content (AvgIpc) is 2.96. The molecule has 13 heteroatoms. The highest BCUT2D eigenvalue weighted by molar-refractivity contribution is 7.74. The number of fused-ring (bicyclic) bond motifs is 1. The Hall–Kier alpha value is -3.14. The second kappa shape index (κ2) is 11.8. The zero-order valence-electron chi connectivity index (χ0n) is 22.0. The van der Waals surface area contributed by atoms with Crippen LogP contribution >= 0.6 is 30.6 Å². The molecule has 1 fully saturated rings. The molecule has 0 spiro atoms. The molecular formula is C27H28Cl2N5O5P. The van der Waals surface area contributed by atoms with E-state index >= 15 is 0 Å². The summed E-state index contributed by atoms with van der Waals surface area (Å²) in [6.45, 7) is 7.34. The number of halogens is 2. The van der Waals surface area contributed by atoms with E-state index in [4.69, 9.17) is 37.4 Å². The van der Waals surface area contributed by atoms with Gasteiger partial charge >= 0.3 is 6.09 Å². The lowest BCUT2D eigenvalue weighted by molar-refractivity contribution is -0.384. The number of nitro groups is 1. The van der Waals surface area contributed by atoms with Gasteiger partial charge in [0.1, 0.15) is 11.4 Å². The van der Waals surface area contributed by atoms with E-state index in [1.54, 1.807) is 36.4 Å². The summed E-state index contributed by atoms with van der Waals surface area (Å²) in [4.78, 5) is 27.8. The Morgan fingerprint density at radius 1 is 1.02 bits per heavy atom. The third kappa shape index (κ3) is 5.06. The van der Waals surface area contributed by atoms with Crippen molar-refractivity contribution in [1.29, 1.82) is 0 Å². The fraction of sp³-hybridized carbons (Fsp3) is 0.296. The fourth-order valence-electron chi connectivity index (χ4n) is 4.99.